The Labute approximate surface area is 253 Å². The summed E-state index contributed by atoms with van der Waals surface area (Å²) in [5.74, 6) is -1.46. The molecule has 2 aromatic carbocycles. The fourth-order valence-electron chi connectivity index (χ4n) is 5.71. The normalized spacial score (nSPS) is 17.8. The third kappa shape index (κ3) is 6.21. The van der Waals surface area contributed by atoms with E-state index in [9.17, 15) is 18.8 Å². The summed E-state index contributed by atoms with van der Waals surface area (Å²) < 4.78 is 35.1. The summed E-state index contributed by atoms with van der Waals surface area (Å²) in [6.07, 6.45) is 5.18. The molecule has 0 radical (unpaired) electrons. The first-order valence-electron chi connectivity index (χ1n) is 14.8. The van der Waals surface area contributed by atoms with E-state index in [4.69, 9.17) is 10.5 Å². The van der Waals surface area contributed by atoms with Gasteiger partial charge in [-0.05, 0) is 93.6 Å². The lowest BCUT2D eigenvalue weighted by atomic mass is 9.95. The number of halogens is 2. The van der Waals surface area contributed by atoms with Gasteiger partial charge in [-0.25, -0.2) is 18.6 Å². The zero-order valence-corrected chi connectivity index (χ0v) is 24.2. The average molecular weight is 605 g/mol. The molecule has 1 aliphatic carbocycles. The maximum absolute atomic E-state index is 15.6. The number of primary amides is 1. The molecular formula is C32H34F2N6O4. The molecule has 0 spiro atoms. The predicted octanol–water partition coefficient (Wildman–Crippen LogP) is 5.03. The highest BCUT2D eigenvalue weighted by molar-refractivity contribution is 6.16. The van der Waals surface area contributed by atoms with Gasteiger partial charge in [0, 0.05) is 43.7 Å². The van der Waals surface area contributed by atoms with Crippen molar-refractivity contribution >= 4 is 35.0 Å². The number of carbonyl (C=O) groups is 3. The van der Waals surface area contributed by atoms with E-state index in [-0.39, 0.29) is 36.0 Å². The van der Waals surface area contributed by atoms with Crippen LogP contribution in [0.4, 0.5) is 30.8 Å². The number of carbonyl (C=O) groups excluding carboxylic acids is 3. The standard InChI is InChI=1S/C32H34F2N6O4/c33-22-2-4-23(5-3-22)40(30(42)32(11-12-32)29(35)41)27-7-6-24(18-26(27)34)44-25-8-13-36-28(19-25)37-31(43)39-16-9-21(10-17-39)20-38-14-1-15-38/h2-8,13,18-19,21H,1,9-12,14-17,20H2,(H2,35,41)(H,36,37,43). The fourth-order valence-corrected chi connectivity index (χ4v) is 5.71. The highest BCUT2D eigenvalue weighted by Gasteiger charge is 2.57. The Morgan fingerprint density at radius 2 is 1.68 bits per heavy atom. The highest BCUT2D eigenvalue weighted by Crippen LogP contribution is 2.49. The average Bonchev–Trinajstić information content (AvgIpc) is 3.80. The number of nitrogens with zero attached hydrogens (tertiary/aromatic N) is 4. The predicted molar refractivity (Wildman–Crippen MR) is 159 cm³/mol. The number of anilines is 3. The molecule has 3 N–H and O–H groups in total. The van der Waals surface area contributed by atoms with Gasteiger partial charge in [-0.15, -0.1) is 0 Å². The van der Waals surface area contributed by atoms with E-state index in [0.29, 0.717) is 30.6 Å². The molecule has 3 fully saturated rings. The quantitative estimate of drug-likeness (QED) is 0.331. The van der Waals surface area contributed by atoms with Crippen molar-refractivity contribution in [2.45, 2.75) is 32.1 Å². The maximum atomic E-state index is 15.6. The van der Waals surface area contributed by atoms with E-state index >= 15 is 4.39 Å². The molecule has 3 heterocycles. The van der Waals surface area contributed by atoms with Gasteiger partial charge in [0.1, 0.15) is 28.5 Å². The Hall–Kier alpha value is -4.58. The van der Waals surface area contributed by atoms with Gasteiger partial charge in [-0.3, -0.25) is 19.8 Å². The van der Waals surface area contributed by atoms with Crippen LogP contribution < -0.4 is 20.7 Å². The Balaban J connectivity index is 1.13. The van der Waals surface area contributed by atoms with Crippen LogP contribution in [0.1, 0.15) is 32.1 Å². The van der Waals surface area contributed by atoms with Gasteiger partial charge in [-0.2, -0.15) is 0 Å². The van der Waals surface area contributed by atoms with Gasteiger partial charge < -0.3 is 20.3 Å². The molecule has 2 aliphatic heterocycles. The van der Waals surface area contributed by atoms with Crippen LogP contribution >= 0.6 is 0 Å². The van der Waals surface area contributed by atoms with E-state index < -0.39 is 28.9 Å². The second kappa shape index (κ2) is 12.2. The van der Waals surface area contributed by atoms with Crippen LogP contribution in [0, 0.1) is 23.0 Å². The monoisotopic (exact) mass is 604 g/mol. The minimum absolute atomic E-state index is 0.126. The zero-order valence-electron chi connectivity index (χ0n) is 24.2. The number of rotatable bonds is 9. The van der Waals surface area contributed by atoms with Crippen molar-refractivity contribution in [3.8, 4) is 11.5 Å². The summed E-state index contributed by atoms with van der Waals surface area (Å²) in [4.78, 5) is 48.0. The van der Waals surface area contributed by atoms with Gasteiger partial charge in [0.05, 0.1) is 5.69 Å². The number of nitrogens with one attached hydrogen (secondary N) is 1. The van der Waals surface area contributed by atoms with Crippen LogP contribution in [0.25, 0.3) is 0 Å². The lowest BCUT2D eigenvalue weighted by molar-refractivity contribution is -0.133. The molecule has 4 amide bonds. The first-order valence-corrected chi connectivity index (χ1v) is 14.8. The lowest BCUT2D eigenvalue weighted by Gasteiger charge is -2.38. The molecule has 3 aliphatic rings. The van der Waals surface area contributed by atoms with E-state index in [1.54, 1.807) is 17.0 Å². The lowest BCUT2D eigenvalue weighted by Crippen LogP contribution is -2.46. The van der Waals surface area contributed by atoms with E-state index in [1.165, 1.54) is 50.0 Å². The van der Waals surface area contributed by atoms with Crippen molar-refractivity contribution in [2.24, 2.45) is 17.1 Å². The largest absolute Gasteiger partial charge is 0.457 e. The van der Waals surface area contributed by atoms with Crippen molar-refractivity contribution in [1.82, 2.24) is 14.8 Å². The Morgan fingerprint density at radius 3 is 2.30 bits per heavy atom. The number of amides is 4. The summed E-state index contributed by atoms with van der Waals surface area (Å²) >= 11 is 0. The van der Waals surface area contributed by atoms with Crippen LogP contribution in [0.2, 0.25) is 0 Å². The van der Waals surface area contributed by atoms with E-state index in [0.717, 1.165) is 42.5 Å². The summed E-state index contributed by atoms with van der Waals surface area (Å²) in [5, 5.41) is 2.82. The number of piperidine rings is 1. The van der Waals surface area contributed by atoms with E-state index in [1.807, 2.05) is 0 Å². The summed E-state index contributed by atoms with van der Waals surface area (Å²) in [5.41, 5.74) is 4.13. The van der Waals surface area contributed by atoms with Crippen molar-refractivity contribution in [3.05, 3.63) is 72.4 Å². The van der Waals surface area contributed by atoms with Gasteiger partial charge in [0.2, 0.25) is 11.8 Å². The van der Waals surface area contributed by atoms with Gasteiger partial charge in [0.15, 0.2) is 5.82 Å². The third-order valence-corrected chi connectivity index (χ3v) is 8.65. The highest BCUT2D eigenvalue weighted by atomic mass is 19.1. The minimum Gasteiger partial charge on any atom is -0.457 e. The molecule has 10 nitrogen and oxygen atoms in total. The minimum atomic E-state index is -1.43. The van der Waals surface area contributed by atoms with Crippen molar-refractivity contribution in [3.63, 3.8) is 0 Å². The van der Waals surface area contributed by atoms with Crippen molar-refractivity contribution in [1.29, 1.82) is 0 Å². The molecule has 0 unspecified atom stereocenters. The molecule has 3 aromatic rings. The first kappa shape index (κ1) is 29.5. The molecule has 44 heavy (non-hydrogen) atoms. The molecule has 0 bridgehead atoms. The number of hydrogen-bond acceptors (Lipinski definition) is 6. The summed E-state index contributed by atoms with van der Waals surface area (Å²) in [6, 6.07) is 11.7. The number of pyridine rings is 1. The van der Waals surface area contributed by atoms with Crippen LogP contribution in [0.15, 0.2) is 60.8 Å². The second-order valence-corrected chi connectivity index (χ2v) is 11.7. The molecule has 12 heteroatoms. The number of aromatic nitrogens is 1. The molecule has 1 saturated carbocycles. The van der Waals surface area contributed by atoms with Gasteiger partial charge in [-0.1, -0.05) is 0 Å². The van der Waals surface area contributed by atoms with E-state index in [2.05, 4.69) is 15.2 Å². The van der Waals surface area contributed by atoms with Gasteiger partial charge >= 0.3 is 6.03 Å². The number of hydrogen-bond donors (Lipinski definition) is 2. The number of nitrogens with two attached hydrogens (primary N) is 1. The molecular weight excluding hydrogens is 570 g/mol. The summed E-state index contributed by atoms with van der Waals surface area (Å²) in [6.45, 7) is 4.82. The molecule has 1 aromatic heterocycles. The molecule has 0 atom stereocenters. The molecule has 2 saturated heterocycles. The second-order valence-electron chi connectivity index (χ2n) is 11.7. The topological polar surface area (TPSA) is 121 Å². The molecule has 230 valence electrons. The first-order chi connectivity index (χ1) is 21.2. The fraction of sp³-hybridized carbons (Fsp3) is 0.375. The zero-order chi connectivity index (χ0) is 30.8. The number of ether oxygens (including phenoxy) is 1. The maximum Gasteiger partial charge on any atom is 0.323 e. The Bertz CT molecular complexity index is 1550. The smallest absolute Gasteiger partial charge is 0.323 e. The van der Waals surface area contributed by atoms with Crippen LogP contribution in [-0.4, -0.2) is 65.4 Å². The van der Waals surface area contributed by atoms with Crippen molar-refractivity contribution in [2.75, 3.05) is 42.9 Å². The number of urea groups is 1. The van der Waals surface area contributed by atoms with Crippen LogP contribution in [-0.2, 0) is 9.59 Å². The van der Waals surface area contributed by atoms with Crippen LogP contribution in [0.5, 0.6) is 11.5 Å². The Morgan fingerprint density at radius 1 is 0.977 bits per heavy atom. The van der Waals surface area contributed by atoms with Crippen LogP contribution in [0.3, 0.4) is 0 Å². The number of benzene rings is 2. The third-order valence-electron chi connectivity index (χ3n) is 8.65. The Kier molecular flexibility index (Phi) is 8.17. The SMILES string of the molecule is NC(=O)C1(C(=O)N(c2ccc(F)cc2)c2ccc(Oc3ccnc(NC(=O)N4CCC(CN5CCC5)CC4)c3)cc2F)CC1. The molecule has 6 rings (SSSR count). The summed E-state index contributed by atoms with van der Waals surface area (Å²) in [7, 11) is 0. The van der Waals surface area contributed by atoms with Crippen molar-refractivity contribution < 1.29 is 27.9 Å². The number of likely N-dealkylation sites (tertiary alicyclic amines) is 2. The van der Waals surface area contributed by atoms with Gasteiger partial charge in [0.25, 0.3) is 0 Å².